The van der Waals surface area contributed by atoms with Crippen LogP contribution >= 0.6 is 22.9 Å². The van der Waals surface area contributed by atoms with E-state index in [9.17, 15) is 0 Å². The molecule has 1 saturated carbocycles. The van der Waals surface area contributed by atoms with Gasteiger partial charge in [0.05, 0.1) is 9.88 Å². The minimum Gasteiger partial charge on any atom is -0.321 e. The van der Waals surface area contributed by atoms with Crippen molar-refractivity contribution in [3.05, 3.63) is 21.3 Å². The zero-order valence-electron chi connectivity index (χ0n) is 10.0. The van der Waals surface area contributed by atoms with Gasteiger partial charge in [-0.05, 0) is 36.8 Å². The van der Waals surface area contributed by atoms with Gasteiger partial charge in [0, 0.05) is 4.88 Å². The van der Waals surface area contributed by atoms with E-state index in [0.717, 1.165) is 29.0 Å². The van der Waals surface area contributed by atoms with E-state index < -0.39 is 0 Å². The highest BCUT2D eigenvalue weighted by Gasteiger charge is 2.36. The molecule has 3 heteroatoms. The molecule has 0 saturated heterocycles. The Kier molecular flexibility index (Phi) is 3.62. The zero-order chi connectivity index (χ0) is 11.8. The van der Waals surface area contributed by atoms with Crippen LogP contribution in [0.5, 0.6) is 0 Å². The largest absolute Gasteiger partial charge is 0.321 e. The lowest BCUT2D eigenvalue weighted by molar-refractivity contribution is 0.186. The maximum absolute atomic E-state index is 6.57. The molecule has 1 fully saturated rings. The van der Waals surface area contributed by atoms with Crippen LogP contribution in [0.15, 0.2) is 12.1 Å². The Morgan fingerprint density at radius 2 is 2.25 bits per heavy atom. The molecule has 0 amide bonds. The first-order valence-corrected chi connectivity index (χ1v) is 7.25. The lowest BCUT2D eigenvalue weighted by atomic mass is 9.71. The predicted molar refractivity (Wildman–Crippen MR) is 72.0 cm³/mol. The SMILES string of the molecule is CC(C)C1CCCC(N)(c2ccc(Cl)s2)C1. The molecule has 0 aliphatic heterocycles. The summed E-state index contributed by atoms with van der Waals surface area (Å²) in [6.07, 6.45) is 4.79. The molecule has 1 aliphatic carbocycles. The van der Waals surface area contributed by atoms with E-state index in [-0.39, 0.29) is 5.54 Å². The van der Waals surface area contributed by atoms with Crippen LogP contribution in [-0.2, 0) is 5.54 Å². The summed E-state index contributed by atoms with van der Waals surface area (Å²) in [5.41, 5.74) is 6.45. The summed E-state index contributed by atoms with van der Waals surface area (Å²) in [6, 6.07) is 4.07. The minimum atomic E-state index is -0.120. The Bertz CT molecular complexity index is 361. The quantitative estimate of drug-likeness (QED) is 0.835. The Balaban J connectivity index is 2.18. The molecular formula is C13H20ClNS. The van der Waals surface area contributed by atoms with Crippen molar-refractivity contribution in [1.29, 1.82) is 0 Å². The van der Waals surface area contributed by atoms with Crippen molar-refractivity contribution in [2.45, 2.75) is 45.1 Å². The van der Waals surface area contributed by atoms with Gasteiger partial charge in [-0.2, -0.15) is 0 Å². The molecule has 2 atom stereocenters. The summed E-state index contributed by atoms with van der Waals surface area (Å²) in [5.74, 6) is 1.50. The lowest BCUT2D eigenvalue weighted by Crippen LogP contribution is -2.41. The maximum Gasteiger partial charge on any atom is 0.0931 e. The molecule has 90 valence electrons. The van der Waals surface area contributed by atoms with Gasteiger partial charge in [0.1, 0.15) is 0 Å². The fraction of sp³-hybridized carbons (Fsp3) is 0.692. The average molecular weight is 258 g/mol. The Morgan fingerprint density at radius 3 is 2.81 bits per heavy atom. The van der Waals surface area contributed by atoms with Gasteiger partial charge < -0.3 is 5.73 Å². The van der Waals surface area contributed by atoms with Gasteiger partial charge in [0.2, 0.25) is 0 Å². The predicted octanol–water partition coefficient (Wildman–Crippen LogP) is 4.40. The first-order valence-electron chi connectivity index (χ1n) is 6.06. The van der Waals surface area contributed by atoms with Crippen molar-refractivity contribution in [2.24, 2.45) is 17.6 Å². The van der Waals surface area contributed by atoms with Crippen LogP contribution in [0.2, 0.25) is 4.34 Å². The van der Waals surface area contributed by atoms with Crippen LogP contribution < -0.4 is 5.73 Å². The van der Waals surface area contributed by atoms with Crippen molar-refractivity contribution in [3.8, 4) is 0 Å². The molecule has 0 radical (unpaired) electrons. The van der Waals surface area contributed by atoms with Gasteiger partial charge in [-0.15, -0.1) is 11.3 Å². The molecule has 16 heavy (non-hydrogen) atoms. The smallest absolute Gasteiger partial charge is 0.0931 e. The van der Waals surface area contributed by atoms with Crippen LogP contribution in [0.4, 0.5) is 0 Å². The van der Waals surface area contributed by atoms with Gasteiger partial charge >= 0.3 is 0 Å². The molecule has 2 unspecified atom stereocenters. The zero-order valence-corrected chi connectivity index (χ0v) is 11.6. The molecule has 1 nitrogen and oxygen atoms in total. The van der Waals surface area contributed by atoms with E-state index in [2.05, 4.69) is 19.9 Å². The molecule has 0 bridgehead atoms. The fourth-order valence-electron chi connectivity index (χ4n) is 2.73. The molecule has 0 spiro atoms. The molecule has 1 aliphatic rings. The summed E-state index contributed by atoms with van der Waals surface area (Å²) >= 11 is 7.65. The molecule has 1 heterocycles. The number of thiophene rings is 1. The Hall–Kier alpha value is -0.0500. The van der Waals surface area contributed by atoms with E-state index in [1.807, 2.05) is 6.07 Å². The number of halogens is 1. The fourth-order valence-corrected chi connectivity index (χ4v) is 3.91. The minimum absolute atomic E-state index is 0.120. The summed E-state index contributed by atoms with van der Waals surface area (Å²) in [6.45, 7) is 4.61. The van der Waals surface area contributed by atoms with Crippen LogP contribution in [-0.4, -0.2) is 0 Å². The average Bonchev–Trinajstić information content (AvgIpc) is 2.65. The molecule has 0 aromatic carbocycles. The standard InChI is InChI=1S/C13H20ClNS/c1-9(2)10-4-3-7-13(15,8-10)11-5-6-12(14)16-11/h5-6,9-10H,3-4,7-8,15H2,1-2H3. The normalized spacial score (nSPS) is 30.9. The number of rotatable bonds is 2. The van der Waals surface area contributed by atoms with Crippen molar-refractivity contribution >= 4 is 22.9 Å². The third-order valence-corrected chi connectivity index (χ3v) is 5.28. The number of hydrogen-bond acceptors (Lipinski definition) is 2. The van der Waals surface area contributed by atoms with Crippen molar-refractivity contribution in [1.82, 2.24) is 0 Å². The monoisotopic (exact) mass is 257 g/mol. The first-order chi connectivity index (χ1) is 7.51. The molecule has 2 rings (SSSR count). The van der Waals surface area contributed by atoms with Crippen molar-refractivity contribution in [3.63, 3.8) is 0 Å². The third kappa shape index (κ3) is 2.44. The summed E-state index contributed by atoms with van der Waals surface area (Å²) < 4.78 is 0.853. The van der Waals surface area contributed by atoms with Gasteiger partial charge in [0.25, 0.3) is 0 Å². The molecular weight excluding hydrogens is 238 g/mol. The first kappa shape index (κ1) is 12.4. The maximum atomic E-state index is 6.57. The van der Waals surface area contributed by atoms with E-state index in [4.69, 9.17) is 17.3 Å². The lowest BCUT2D eigenvalue weighted by Gasteiger charge is -2.39. The highest BCUT2D eigenvalue weighted by molar-refractivity contribution is 7.16. The van der Waals surface area contributed by atoms with Crippen LogP contribution in [0, 0.1) is 11.8 Å². The molecule has 2 N–H and O–H groups in total. The highest BCUT2D eigenvalue weighted by Crippen LogP contribution is 2.43. The second-order valence-corrected chi connectivity index (χ2v) is 7.08. The van der Waals surface area contributed by atoms with Gasteiger partial charge in [-0.25, -0.2) is 0 Å². The number of hydrogen-bond donors (Lipinski definition) is 1. The summed E-state index contributed by atoms with van der Waals surface area (Å²) in [5, 5.41) is 0. The van der Waals surface area contributed by atoms with Crippen molar-refractivity contribution in [2.75, 3.05) is 0 Å². The Morgan fingerprint density at radius 1 is 1.50 bits per heavy atom. The van der Waals surface area contributed by atoms with Crippen LogP contribution in [0.25, 0.3) is 0 Å². The third-order valence-electron chi connectivity index (χ3n) is 3.83. The van der Waals surface area contributed by atoms with Gasteiger partial charge in [-0.1, -0.05) is 38.3 Å². The van der Waals surface area contributed by atoms with Crippen LogP contribution in [0.1, 0.15) is 44.4 Å². The van der Waals surface area contributed by atoms with Gasteiger partial charge in [0.15, 0.2) is 0 Å². The van der Waals surface area contributed by atoms with E-state index in [1.165, 1.54) is 17.7 Å². The number of nitrogens with two attached hydrogens (primary N) is 1. The second kappa shape index (κ2) is 4.67. The Labute approximate surface area is 107 Å². The van der Waals surface area contributed by atoms with Crippen molar-refractivity contribution < 1.29 is 0 Å². The molecule has 1 aromatic heterocycles. The van der Waals surface area contributed by atoms with E-state index in [1.54, 1.807) is 11.3 Å². The summed E-state index contributed by atoms with van der Waals surface area (Å²) in [7, 11) is 0. The van der Waals surface area contributed by atoms with E-state index >= 15 is 0 Å². The second-order valence-electron chi connectivity index (χ2n) is 5.36. The van der Waals surface area contributed by atoms with Gasteiger partial charge in [-0.3, -0.25) is 0 Å². The van der Waals surface area contributed by atoms with Crippen LogP contribution in [0.3, 0.4) is 0 Å². The molecule has 1 aromatic rings. The highest BCUT2D eigenvalue weighted by atomic mass is 35.5. The summed E-state index contributed by atoms with van der Waals surface area (Å²) in [4.78, 5) is 1.27. The van der Waals surface area contributed by atoms with E-state index in [0.29, 0.717) is 0 Å². The topological polar surface area (TPSA) is 26.0 Å².